The molecule has 0 bridgehead atoms. The monoisotopic (exact) mass is 369 g/mol. The van der Waals surface area contributed by atoms with Crippen molar-refractivity contribution in [1.29, 1.82) is 0 Å². The van der Waals surface area contributed by atoms with Gasteiger partial charge in [0, 0.05) is 17.9 Å². The summed E-state index contributed by atoms with van der Waals surface area (Å²) >= 11 is 4.08. The van der Waals surface area contributed by atoms with Crippen LogP contribution in [0.3, 0.4) is 0 Å². The van der Waals surface area contributed by atoms with E-state index in [1.165, 1.54) is 31.2 Å². The van der Waals surface area contributed by atoms with E-state index in [9.17, 15) is 4.79 Å². The quantitative estimate of drug-likeness (QED) is 0.306. The van der Waals surface area contributed by atoms with Gasteiger partial charge in [-0.3, -0.25) is 4.79 Å². The average Bonchev–Trinajstić information content (AvgIpc) is 2.69. The van der Waals surface area contributed by atoms with Crippen molar-refractivity contribution >= 4 is 29.9 Å². The smallest absolute Gasteiger partial charge is 0.251 e. The van der Waals surface area contributed by atoms with Crippen LogP contribution in [0.1, 0.15) is 48.5 Å². The molecule has 2 aromatic rings. The molecule has 0 fully saturated rings. The Morgan fingerprint density at radius 3 is 2.12 bits per heavy atom. The molecule has 0 heterocycles. The molecule has 0 saturated heterocycles. The summed E-state index contributed by atoms with van der Waals surface area (Å²) in [7, 11) is 0. The molecule has 5 heteroatoms. The van der Waals surface area contributed by atoms with Crippen molar-refractivity contribution in [3.8, 4) is 0 Å². The van der Waals surface area contributed by atoms with E-state index in [1.807, 2.05) is 12.1 Å². The number of nitrogens with zero attached hydrogens (tertiary/aromatic N) is 2. The topological polar surface area (TPSA) is 53.8 Å². The Hall–Kier alpha value is -2.14. The van der Waals surface area contributed by atoms with Crippen LogP contribution in [-0.4, -0.2) is 18.2 Å². The van der Waals surface area contributed by atoms with Crippen molar-refractivity contribution < 1.29 is 4.79 Å². The van der Waals surface area contributed by atoms with Gasteiger partial charge in [0.15, 0.2) is 0 Å². The maximum Gasteiger partial charge on any atom is 0.251 e. The normalized spacial score (nSPS) is 11.0. The number of aryl methyl sites for hydroxylation is 1. The number of hydrogen-bond donors (Lipinski definition) is 2. The maximum atomic E-state index is 11.8. The molecule has 0 unspecified atom stereocenters. The number of carbonyl (C=O) groups excluding carboxylic acids is 1. The Bertz CT molecular complexity index is 696. The minimum atomic E-state index is -0.0999. The number of azo groups is 1. The highest BCUT2D eigenvalue weighted by atomic mass is 32.1. The van der Waals surface area contributed by atoms with Gasteiger partial charge in [0.05, 0.1) is 11.4 Å². The first-order valence-corrected chi connectivity index (χ1v) is 9.86. The molecule has 0 aliphatic heterocycles. The summed E-state index contributed by atoms with van der Waals surface area (Å²) in [6.07, 6.45) is 6.22. The van der Waals surface area contributed by atoms with Gasteiger partial charge in [-0.25, -0.2) is 0 Å². The first-order valence-electron chi connectivity index (χ1n) is 9.22. The second-order valence-electron chi connectivity index (χ2n) is 6.20. The minimum absolute atomic E-state index is 0.0999. The fourth-order valence-corrected chi connectivity index (χ4v) is 2.66. The third-order valence-electron chi connectivity index (χ3n) is 4.06. The van der Waals surface area contributed by atoms with E-state index in [0.29, 0.717) is 17.9 Å². The fourth-order valence-electron chi connectivity index (χ4n) is 2.55. The zero-order valence-corrected chi connectivity index (χ0v) is 16.2. The summed E-state index contributed by atoms with van der Waals surface area (Å²) in [5, 5.41) is 11.3. The summed E-state index contributed by atoms with van der Waals surface area (Å²) in [4.78, 5) is 11.8. The maximum absolute atomic E-state index is 11.8. The van der Waals surface area contributed by atoms with Gasteiger partial charge in [0.2, 0.25) is 0 Å². The van der Waals surface area contributed by atoms with E-state index in [2.05, 4.69) is 47.2 Å². The summed E-state index contributed by atoms with van der Waals surface area (Å²) in [6, 6.07) is 15.3. The van der Waals surface area contributed by atoms with Crippen LogP contribution in [0, 0.1) is 0 Å². The molecule has 0 saturated carbocycles. The molecule has 1 amide bonds. The lowest BCUT2D eigenvalue weighted by molar-refractivity contribution is 0.0956. The lowest BCUT2D eigenvalue weighted by Crippen LogP contribution is -2.25. The van der Waals surface area contributed by atoms with Crippen LogP contribution in [0.2, 0.25) is 0 Å². The predicted molar refractivity (Wildman–Crippen MR) is 111 cm³/mol. The molecule has 0 spiro atoms. The van der Waals surface area contributed by atoms with Gasteiger partial charge >= 0.3 is 0 Å². The Balaban J connectivity index is 1.87. The number of benzene rings is 2. The molecule has 2 aromatic carbocycles. The molecule has 0 atom stereocenters. The highest BCUT2D eigenvalue weighted by Crippen LogP contribution is 2.20. The largest absolute Gasteiger partial charge is 0.351 e. The Morgan fingerprint density at radius 1 is 0.923 bits per heavy atom. The molecule has 26 heavy (non-hydrogen) atoms. The van der Waals surface area contributed by atoms with Crippen molar-refractivity contribution in [2.45, 2.75) is 39.0 Å². The zero-order chi connectivity index (χ0) is 18.6. The van der Waals surface area contributed by atoms with Gasteiger partial charge in [-0.1, -0.05) is 38.3 Å². The molecule has 1 N–H and O–H groups in total. The van der Waals surface area contributed by atoms with Crippen LogP contribution in [0.4, 0.5) is 11.4 Å². The average molecular weight is 370 g/mol. The number of amides is 1. The van der Waals surface area contributed by atoms with Crippen LogP contribution in [0.25, 0.3) is 0 Å². The SMILES string of the molecule is CCCCCCc1ccc(N=Nc2ccc(C(=O)NCCS)cc2)cc1. The zero-order valence-electron chi connectivity index (χ0n) is 15.3. The van der Waals surface area contributed by atoms with Gasteiger partial charge in [0.1, 0.15) is 0 Å². The molecular formula is C21H27N3OS. The number of nitrogens with one attached hydrogen (secondary N) is 1. The van der Waals surface area contributed by atoms with E-state index in [1.54, 1.807) is 24.3 Å². The molecule has 138 valence electrons. The number of unbranched alkanes of at least 4 members (excludes halogenated alkanes) is 3. The van der Waals surface area contributed by atoms with Crippen molar-refractivity contribution in [2.24, 2.45) is 10.2 Å². The highest BCUT2D eigenvalue weighted by molar-refractivity contribution is 7.80. The van der Waals surface area contributed by atoms with E-state index < -0.39 is 0 Å². The summed E-state index contributed by atoms with van der Waals surface area (Å²) in [5.41, 5.74) is 3.51. The number of rotatable bonds is 10. The molecule has 4 nitrogen and oxygen atoms in total. The number of carbonyl (C=O) groups is 1. The van der Waals surface area contributed by atoms with Gasteiger partial charge in [-0.2, -0.15) is 22.9 Å². The van der Waals surface area contributed by atoms with E-state index in [-0.39, 0.29) is 5.91 Å². The first kappa shape index (κ1) is 20.2. The number of thiol groups is 1. The van der Waals surface area contributed by atoms with Crippen molar-refractivity contribution in [2.75, 3.05) is 12.3 Å². The fraction of sp³-hybridized carbons (Fsp3) is 0.381. The van der Waals surface area contributed by atoms with E-state index in [4.69, 9.17) is 0 Å². The molecule has 2 rings (SSSR count). The summed E-state index contributed by atoms with van der Waals surface area (Å²) in [5.74, 6) is 0.521. The molecular weight excluding hydrogens is 342 g/mol. The van der Waals surface area contributed by atoms with Crippen LogP contribution in [0.15, 0.2) is 58.8 Å². The Morgan fingerprint density at radius 2 is 1.54 bits per heavy atom. The molecule has 0 aliphatic carbocycles. The predicted octanol–water partition coefficient (Wildman–Crippen LogP) is 5.88. The van der Waals surface area contributed by atoms with Gasteiger partial charge in [0.25, 0.3) is 5.91 Å². The van der Waals surface area contributed by atoms with Crippen molar-refractivity contribution in [3.05, 3.63) is 59.7 Å². The van der Waals surface area contributed by atoms with Crippen molar-refractivity contribution in [1.82, 2.24) is 5.32 Å². The number of hydrogen-bond acceptors (Lipinski definition) is 4. The van der Waals surface area contributed by atoms with Crippen LogP contribution >= 0.6 is 12.6 Å². The third-order valence-corrected chi connectivity index (χ3v) is 4.29. The van der Waals surface area contributed by atoms with Crippen LogP contribution < -0.4 is 5.32 Å². The second kappa shape index (κ2) is 11.5. The Labute approximate surface area is 161 Å². The summed E-state index contributed by atoms with van der Waals surface area (Å²) < 4.78 is 0. The minimum Gasteiger partial charge on any atom is -0.351 e. The van der Waals surface area contributed by atoms with Gasteiger partial charge < -0.3 is 5.32 Å². The van der Waals surface area contributed by atoms with Crippen LogP contribution in [-0.2, 0) is 6.42 Å². The first-order chi connectivity index (χ1) is 12.7. The van der Waals surface area contributed by atoms with Crippen LogP contribution in [0.5, 0.6) is 0 Å². The second-order valence-corrected chi connectivity index (χ2v) is 6.65. The molecule has 0 aliphatic rings. The van der Waals surface area contributed by atoms with Crippen molar-refractivity contribution in [3.63, 3.8) is 0 Å². The lowest BCUT2D eigenvalue weighted by atomic mass is 10.1. The van der Waals surface area contributed by atoms with Gasteiger partial charge in [-0.15, -0.1) is 0 Å². The molecule has 0 aromatic heterocycles. The molecule has 0 radical (unpaired) electrons. The van der Waals surface area contributed by atoms with E-state index in [0.717, 1.165) is 17.8 Å². The highest BCUT2D eigenvalue weighted by Gasteiger charge is 2.03. The standard InChI is InChI=1S/C21H27N3OS/c1-2-3-4-5-6-17-7-11-19(12-8-17)23-24-20-13-9-18(10-14-20)21(25)22-15-16-26/h7-14,26H,2-6,15-16H2,1H3,(H,22,25). The Kier molecular flexibility index (Phi) is 8.90. The third kappa shape index (κ3) is 7.00. The van der Waals surface area contributed by atoms with Gasteiger partial charge in [-0.05, 0) is 54.8 Å². The summed E-state index contributed by atoms with van der Waals surface area (Å²) in [6.45, 7) is 2.78. The van der Waals surface area contributed by atoms with E-state index >= 15 is 0 Å². The lowest BCUT2D eigenvalue weighted by Gasteiger charge is -2.03.